The highest BCUT2D eigenvalue weighted by Gasteiger charge is 2.34. The molecule has 1 heterocycles. The van der Waals surface area contributed by atoms with Gasteiger partial charge in [0.15, 0.2) is 0 Å². The van der Waals surface area contributed by atoms with Gasteiger partial charge >= 0.3 is 6.03 Å². The van der Waals surface area contributed by atoms with Gasteiger partial charge in [-0.05, 0) is 69.5 Å². The van der Waals surface area contributed by atoms with Crippen molar-refractivity contribution in [3.63, 3.8) is 0 Å². The summed E-state index contributed by atoms with van der Waals surface area (Å²) in [7, 11) is 0. The quantitative estimate of drug-likeness (QED) is 0.339. The molecular formula is C17H11FI2N2O3. The fraction of sp³-hybridized carbons (Fsp3) is 0.0588. The van der Waals surface area contributed by atoms with E-state index in [0.717, 1.165) is 8.47 Å². The highest BCUT2D eigenvalue weighted by molar-refractivity contribution is 14.1. The lowest BCUT2D eigenvalue weighted by Crippen LogP contribution is -2.30. The van der Waals surface area contributed by atoms with Crippen molar-refractivity contribution in [2.45, 2.75) is 6.54 Å². The second-order valence-electron chi connectivity index (χ2n) is 5.30. The SMILES string of the molecule is O=C1N/C(=C/c2cc(I)cc(I)c2O)C(=O)N1Cc1ccccc1F. The van der Waals surface area contributed by atoms with E-state index in [2.05, 4.69) is 27.9 Å². The molecule has 0 bridgehead atoms. The monoisotopic (exact) mass is 564 g/mol. The summed E-state index contributed by atoms with van der Waals surface area (Å²) in [5.74, 6) is -1.02. The zero-order valence-corrected chi connectivity index (χ0v) is 16.9. The highest BCUT2D eigenvalue weighted by Crippen LogP contribution is 2.29. The van der Waals surface area contributed by atoms with Crippen molar-refractivity contribution in [1.29, 1.82) is 0 Å². The van der Waals surface area contributed by atoms with Gasteiger partial charge in [0.1, 0.15) is 17.3 Å². The molecule has 2 N–H and O–H groups in total. The van der Waals surface area contributed by atoms with Gasteiger partial charge in [-0.1, -0.05) is 18.2 Å². The van der Waals surface area contributed by atoms with E-state index in [-0.39, 0.29) is 23.6 Å². The van der Waals surface area contributed by atoms with Crippen LogP contribution in [0.5, 0.6) is 5.75 Å². The molecule has 0 radical (unpaired) electrons. The summed E-state index contributed by atoms with van der Waals surface area (Å²) in [6, 6.07) is 8.83. The number of carbonyl (C=O) groups is 2. The van der Waals surface area contributed by atoms with E-state index in [1.807, 2.05) is 22.6 Å². The minimum Gasteiger partial charge on any atom is -0.506 e. The fourth-order valence-corrected chi connectivity index (χ4v) is 4.25. The van der Waals surface area contributed by atoms with Gasteiger partial charge in [0.2, 0.25) is 0 Å². The van der Waals surface area contributed by atoms with Crippen molar-refractivity contribution in [3.8, 4) is 5.75 Å². The van der Waals surface area contributed by atoms with Crippen molar-refractivity contribution < 1.29 is 19.1 Å². The van der Waals surface area contributed by atoms with Crippen LogP contribution in [-0.4, -0.2) is 21.9 Å². The zero-order valence-electron chi connectivity index (χ0n) is 12.6. The number of phenolic OH excluding ortho intramolecular Hbond substituents is 1. The molecular weight excluding hydrogens is 553 g/mol. The van der Waals surface area contributed by atoms with Crippen LogP contribution in [0.15, 0.2) is 42.1 Å². The zero-order chi connectivity index (χ0) is 18.1. The summed E-state index contributed by atoms with van der Waals surface area (Å²) in [6.07, 6.45) is 1.42. The number of nitrogens with one attached hydrogen (secondary N) is 1. The maximum absolute atomic E-state index is 13.8. The average molecular weight is 564 g/mol. The van der Waals surface area contributed by atoms with Crippen molar-refractivity contribution in [1.82, 2.24) is 10.2 Å². The molecule has 1 aliphatic heterocycles. The Hall–Kier alpha value is -1.69. The molecule has 0 aromatic heterocycles. The largest absolute Gasteiger partial charge is 0.506 e. The topological polar surface area (TPSA) is 69.6 Å². The minimum atomic E-state index is -0.626. The molecule has 0 atom stereocenters. The van der Waals surface area contributed by atoms with Crippen LogP contribution in [0.3, 0.4) is 0 Å². The molecule has 8 heteroatoms. The third-order valence-electron chi connectivity index (χ3n) is 3.61. The van der Waals surface area contributed by atoms with Crippen LogP contribution in [0.1, 0.15) is 11.1 Å². The number of urea groups is 1. The number of carbonyl (C=O) groups excluding carboxylic acids is 2. The predicted molar refractivity (Wildman–Crippen MR) is 107 cm³/mol. The fourth-order valence-electron chi connectivity index (χ4n) is 2.36. The maximum Gasteiger partial charge on any atom is 0.329 e. The Morgan fingerprint density at radius 3 is 2.64 bits per heavy atom. The van der Waals surface area contributed by atoms with E-state index in [1.54, 1.807) is 18.2 Å². The van der Waals surface area contributed by atoms with Gasteiger partial charge in [0.25, 0.3) is 5.91 Å². The van der Waals surface area contributed by atoms with Gasteiger partial charge in [0.05, 0.1) is 10.1 Å². The molecule has 1 saturated heterocycles. The molecule has 1 aliphatic rings. The van der Waals surface area contributed by atoms with Gasteiger partial charge in [-0.2, -0.15) is 0 Å². The van der Waals surface area contributed by atoms with Gasteiger partial charge in [-0.3, -0.25) is 9.69 Å². The number of aromatic hydroxyl groups is 1. The molecule has 2 aromatic carbocycles. The van der Waals surface area contributed by atoms with E-state index >= 15 is 0 Å². The number of phenols is 1. The maximum atomic E-state index is 13.8. The first kappa shape index (κ1) is 18.1. The first-order chi connectivity index (χ1) is 11.9. The molecule has 1 fully saturated rings. The number of imide groups is 1. The van der Waals surface area contributed by atoms with Gasteiger partial charge < -0.3 is 10.4 Å². The van der Waals surface area contributed by atoms with Crippen molar-refractivity contribution in [2.24, 2.45) is 0 Å². The smallest absolute Gasteiger partial charge is 0.329 e. The van der Waals surface area contributed by atoms with Crippen LogP contribution < -0.4 is 5.32 Å². The van der Waals surface area contributed by atoms with Crippen LogP contribution in [0.4, 0.5) is 9.18 Å². The molecule has 0 aliphatic carbocycles. The number of benzene rings is 2. The standard InChI is InChI=1S/C17H11FI2N2O3/c18-12-4-2-1-3-9(12)8-22-16(24)14(21-17(22)25)6-10-5-11(19)7-13(20)15(10)23/h1-7,23H,8H2,(H,21,25)/b14-6+. The molecule has 25 heavy (non-hydrogen) atoms. The summed E-state index contributed by atoms with van der Waals surface area (Å²) in [4.78, 5) is 25.5. The first-order valence-electron chi connectivity index (χ1n) is 7.13. The van der Waals surface area contributed by atoms with Gasteiger partial charge in [0, 0.05) is 14.7 Å². The molecule has 128 valence electrons. The Kier molecular flexibility index (Phi) is 5.27. The first-order valence-corrected chi connectivity index (χ1v) is 9.28. The Labute approximate surface area is 170 Å². The van der Waals surface area contributed by atoms with E-state index in [9.17, 15) is 19.1 Å². The molecule has 0 saturated carbocycles. The van der Waals surface area contributed by atoms with Gasteiger partial charge in [-0.25, -0.2) is 9.18 Å². The lowest BCUT2D eigenvalue weighted by Gasteiger charge is -2.12. The molecule has 0 unspecified atom stereocenters. The van der Waals surface area contributed by atoms with Crippen molar-refractivity contribution in [3.05, 3.63) is 66.2 Å². The van der Waals surface area contributed by atoms with Crippen LogP contribution in [0.25, 0.3) is 6.08 Å². The number of hydrogen-bond donors (Lipinski definition) is 2. The predicted octanol–water partition coefficient (Wildman–Crippen LogP) is 3.83. The average Bonchev–Trinajstić information content (AvgIpc) is 2.81. The summed E-state index contributed by atoms with van der Waals surface area (Å²) < 4.78 is 15.3. The van der Waals surface area contributed by atoms with E-state index in [1.165, 1.54) is 24.3 Å². The number of hydrogen-bond acceptors (Lipinski definition) is 3. The number of nitrogens with zero attached hydrogens (tertiary/aromatic N) is 1. The van der Waals surface area contributed by atoms with Crippen LogP contribution >= 0.6 is 45.2 Å². The lowest BCUT2D eigenvalue weighted by atomic mass is 10.1. The molecule has 5 nitrogen and oxygen atoms in total. The Balaban J connectivity index is 1.90. The molecule has 2 aromatic rings. The Morgan fingerprint density at radius 1 is 1.20 bits per heavy atom. The normalized spacial score (nSPS) is 15.8. The highest BCUT2D eigenvalue weighted by atomic mass is 127. The Bertz CT molecular complexity index is 915. The van der Waals surface area contributed by atoms with Crippen LogP contribution in [0, 0.1) is 13.0 Å². The minimum absolute atomic E-state index is 0.0307. The van der Waals surface area contributed by atoms with E-state index in [4.69, 9.17) is 0 Å². The van der Waals surface area contributed by atoms with Crippen LogP contribution in [-0.2, 0) is 11.3 Å². The second kappa shape index (κ2) is 7.28. The number of amides is 3. The van der Waals surface area contributed by atoms with E-state index < -0.39 is 17.8 Å². The molecule has 0 spiro atoms. The van der Waals surface area contributed by atoms with Crippen LogP contribution in [0.2, 0.25) is 0 Å². The number of rotatable bonds is 3. The molecule has 3 rings (SSSR count). The molecule has 3 amide bonds. The summed E-state index contributed by atoms with van der Waals surface area (Å²) in [6.45, 7) is -0.162. The second-order valence-corrected chi connectivity index (χ2v) is 7.70. The van der Waals surface area contributed by atoms with Gasteiger partial charge in [-0.15, -0.1) is 0 Å². The summed E-state index contributed by atoms with van der Waals surface area (Å²) in [5.41, 5.74) is 0.709. The summed E-state index contributed by atoms with van der Waals surface area (Å²) >= 11 is 4.08. The third-order valence-corrected chi connectivity index (χ3v) is 5.05. The van der Waals surface area contributed by atoms with Crippen molar-refractivity contribution in [2.75, 3.05) is 0 Å². The third kappa shape index (κ3) is 3.78. The summed E-state index contributed by atoms with van der Waals surface area (Å²) in [5, 5.41) is 12.6. The lowest BCUT2D eigenvalue weighted by molar-refractivity contribution is -0.123. The Morgan fingerprint density at radius 2 is 1.92 bits per heavy atom. The van der Waals surface area contributed by atoms with E-state index in [0.29, 0.717) is 9.13 Å². The van der Waals surface area contributed by atoms with Crippen molar-refractivity contribution >= 4 is 63.2 Å². The number of halogens is 3.